The average molecular weight is 289 g/mol. The summed E-state index contributed by atoms with van der Waals surface area (Å²) in [5.74, 6) is -0.0428. The van der Waals surface area contributed by atoms with Crippen LogP contribution in [0, 0.1) is 11.8 Å². The van der Waals surface area contributed by atoms with Crippen LogP contribution in [0.1, 0.15) is 24.3 Å². The van der Waals surface area contributed by atoms with Gasteiger partial charge in [-0.25, -0.2) is 0 Å². The van der Waals surface area contributed by atoms with E-state index in [0.717, 1.165) is 17.7 Å². The second-order valence-corrected chi connectivity index (χ2v) is 5.83. The van der Waals surface area contributed by atoms with E-state index in [0.29, 0.717) is 19.5 Å². The summed E-state index contributed by atoms with van der Waals surface area (Å²) in [5.41, 5.74) is 1.13. The van der Waals surface area contributed by atoms with Crippen molar-refractivity contribution < 1.29 is 19.4 Å². The van der Waals surface area contributed by atoms with Crippen molar-refractivity contribution in [1.82, 2.24) is 4.90 Å². The molecule has 1 aliphatic carbocycles. The van der Waals surface area contributed by atoms with E-state index in [-0.39, 0.29) is 17.7 Å². The fourth-order valence-corrected chi connectivity index (χ4v) is 3.10. The topological polar surface area (TPSA) is 66.8 Å². The molecule has 3 atom stereocenters. The van der Waals surface area contributed by atoms with E-state index in [9.17, 15) is 9.59 Å². The maximum Gasteiger partial charge on any atom is 0.308 e. The molecular formula is C16H19NO4. The summed E-state index contributed by atoms with van der Waals surface area (Å²) in [6, 6.07) is 7.82. The van der Waals surface area contributed by atoms with Gasteiger partial charge in [0, 0.05) is 19.0 Å². The molecule has 21 heavy (non-hydrogen) atoms. The van der Waals surface area contributed by atoms with Crippen molar-refractivity contribution >= 4 is 11.9 Å². The number of rotatable bonds is 4. The van der Waals surface area contributed by atoms with E-state index in [1.54, 1.807) is 12.0 Å². The zero-order valence-electron chi connectivity index (χ0n) is 12.0. The molecule has 1 aliphatic heterocycles. The molecule has 5 heteroatoms. The second kappa shape index (κ2) is 5.39. The van der Waals surface area contributed by atoms with Gasteiger partial charge in [-0.2, -0.15) is 0 Å². The fourth-order valence-electron chi connectivity index (χ4n) is 3.10. The molecule has 112 valence electrons. The Morgan fingerprint density at radius 1 is 1.38 bits per heavy atom. The maximum absolute atomic E-state index is 12.4. The molecule has 1 saturated heterocycles. The highest BCUT2D eigenvalue weighted by Crippen LogP contribution is 2.49. The minimum absolute atomic E-state index is 0.00431. The highest BCUT2D eigenvalue weighted by molar-refractivity contribution is 5.84. The fraction of sp³-hybridized carbons (Fsp3) is 0.500. The highest BCUT2D eigenvalue weighted by atomic mass is 16.5. The molecular weight excluding hydrogens is 270 g/mol. The molecule has 1 N–H and O–H groups in total. The number of carbonyl (C=O) groups excluding carboxylic acids is 1. The summed E-state index contributed by atoms with van der Waals surface area (Å²) >= 11 is 0. The summed E-state index contributed by atoms with van der Waals surface area (Å²) in [5, 5.41) is 9.00. The van der Waals surface area contributed by atoms with Crippen LogP contribution in [-0.2, 0) is 9.59 Å². The van der Waals surface area contributed by atoms with Gasteiger partial charge in [-0.05, 0) is 36.5 Å². The Labute approximate surface area is 123 Å². The Balaban J connectivity index is 1.62. The van der Waals surface area contributed by atoms with Gasteiger partial charge in [0.15, 0.2) is 0 Å². The number of aliphatic carboxylic acids is 1. The van der Waals surface area contributed by atoms with Gasteiger partial charge in [0.05, 0.1) is 13.0 Å². The summed E-state index contributed by atoms with van der Waals surface area (Å²) in [6.07, 6.45) is 1.41. The van der Waals surface area contributed by atoms with Gasteiger partial charge < -0.3 is 14.7 Å². The van der Waals surface area contributed by atoms with Gasteiger partial charge in [-0.1, -0.05) is 12.1 Å². The molecule has 0 radical (unpaired) electrons. The van der Waals surface area contributed by atoms with Gasteiger partial charge in [-0.15, -0.1) is 0 Å². The molecule has 0 spiro atoms. The van der Waals surface area contributed by atoms with Crippen molar-refractivity contribution in [1.29, 1.82) is 0 Å². The Morgan fingerprint density at radius 2 is 2.19 bits per heavy atom. The van der Waals surface area contributed by atoms with Gasteiger partial charge in [-0.3, -0.25) is 9.59 Å². The van der Waals surface area contributed by atoms with Gasteiger partial charge in [0.1, 0.15) is 5.75 Å². The predicted molar refractivity (Wildman–Crippen MR) is 76.2 cm³/mol. The smallest absolute Gasteiger partial charge is 0.308 e. The highest BCUT2D eigenvalue weighted by Gasteiger charge is 2.47. The molecule has 5 nitrogen and oxygen atoms in total. The zero-order valence-corrected chi connectivity index (χ0v) is 12.0. The number of carboxylic acids is 1. The molecule has 2 fully saturated rings. The molecule has 1 saturated carbocycles. The van der Waals surface area contributed by atoms with Crippen LogP contribution in [0.5, 0.6) is 5.75 Å². The van der Waals surface area contributed by atoms with Crippen LogP contribution in [0.2, 0.25) is 0 Å². The minimum Gasteiger partial charge on any atom is -0.497 e. The lowest BCUT2D eigenvalue weighted by Gasteiger charge is -2.15. The Bertz CT molecular complexity index is 571. The first-order chi connectivity index (χ1) is 10.1. The molecule has 1 aromatic rings. The number of carboxylic acid groups (broad SMARTS) is 1. The maximum atomic E-state index is 12.4. The number of benzene rings is 1. The van der Waals surface area contributed by atoms with Gasteiger partial charge in [0.2, 0.25) is 5.91 Å². The summed E-state index contributed by atoms with van der Waals surface area (Å²) in [6.45, 7) is 0.923. The average Bonchev–Trinajstić information content (AvgIpc) is 3.14. The molecule has 3 rings (SSSR count). The number of methoxy groups -OCH3 is 1. The van der Waals surface area contributed by atoms with E-state index < -0.39 is 11.9 Å². The number of amides is 1. The summed E-state index contributed by atoms with van der Waals surface area (Å²) < 4.78 is 5.21. The van der Waals surface area contributed by atoms with Crippen LogP contribution in [0.15, 0.2) is 24.3 Å². The Morgan fingerprint density at radius 3 is 2.86 bits per heavy atom. The molecule has 1 amide bonds. The quantitative estimate of drug-likeness (QED) is 0.916. The van der Waals surface area contributed by atoms with Crippen molar-refractivity contribution in [3.8, 4) is 5.75 Å². The van der Waals surface area contributed by atoms with E-state index in [1.807, 2.05) is 24.3 Å². The molecule has 0 unspecified atom stereocenters. The van der Waals surface area contributed by atoms with Crippen molar-refractivity contribution in [3.63, 3.8) is 0 Å². The first kappa shape index (κ1) is 13.9. The number of ether oxygens (including phenoxy) is 1. The zero-order chi connectivity index (χ0) is 15.0. The van der Waals surface area contributed by atoms with Crippen LogP contribution < -0.4 is 4.74 Å². The second-order valence-electron chi connectivity index (χ2n) is 5.83. The summed E-state index contributed by atoms with van der Waals surface area (Å²) in [7, 11) is 1.63. The number of hydrogen-bond acceptors (Lipinski definition) is 3. The molecule has 0 bridgehead atoms. The molecule has 0 aromatic heterocycles. The van der Waals surface area contributed by atoms with Crippen LogP contribution in [-0.4, -0.2) is 42.1 Å². The monoisotopic (exact) mass is 289 g/mol. The summed E-state index contributed by atoms with van der Waals surface area (Å²) in [4.78, 5) is 25.1. The Kier molecular flexibility index (Phi) is 3.57. The van der Waals surface area contributed by atoms with E-state index >= 15 is 0 Å². The van der Waals surface area contributed by atoms with E-state index in [1.165, 1.54) is 0 Å². The predicted octanol–water partition coefficient (Wildman–Crippen LogP) is 1.73. The van der Waals surface area contributed by atoms with Crippen LogP contribution >= 0.6 is 0 Å². The Hall–Kier alpha value is -2.04. The molecule has 1 aromatic carbocycles. The standard InChI is InChI=1S/C16H19NO4/c1-21-12-4-2-3-10(7-12)13-8-14(13)15(18)17-6-5-11(9-17)16(19)20/h2-4,7,11,13-14H,5-6,8-9H2,1H3,(H,19,20)/t11-,13+,14+/m1/s1. The normalized spacial score (nSPS) is 27.5. The lowest BCUT2D eigenvalue weighted by atomic mass is 10.1. The minimum atomic E-state index is -0.801. The molecule has 1 heterocycles. The number of likely N-dealkylation sites (tertiary alicyclic amines) is 1. The number of hydrogen-bond donors (Lipinski definition) is 1. The molecule has 2 aliphatic rings. The van der Waals surface area contributed by atoms with Crippen LogP contribution in [0.25, 0.3) is 0 Å². The van der Waals surface area contributed by atoms with Crippen molar-refractivity contribution in [3.05, 3.63) is 29.8 Å². The number of nitrogens with zero attached hydrogens (tertiary/aromatic N) is 1. The van der Waals surface area contributed by atoms with Crippen LogP contribution in [0.3, 0.4) is 0 Å². The lowest BCUT2D eigenvalue weighted by Crippen LogP contribution is -2.31. The largest absolute Gasteiger partial charge is 0.497 e. The third-order valence-corrected chi connectivity index (χ3v) is 4.48. The third-order valence-electron chi connectivity index (χ3n) is 4.48. The lowest BCUT2D eigenvalue weighted by molar-refractivity contribution is -0.141. The van der Waals surface area contributed by atoms with Crippen LogP contribution in [0.4, 0.5) is 0 Å². The van der Waals surface area contributed by atoms with Crippen molar-refractivity contribution in [2.24, 2.45) is 11.8 Å². The van der Waals surface area contributed by atoms with Gasteiger partial charge >= 0.3 is 5.97 Å². The van der Waals surface area contributed by atoms with Gasteiger partial charge in [0.25, 0.3) is 0 Å². The van der Waals surface area contributed by atoms with E-state index in [2.05, 4.69) is 0 Å². The SMILES string of the molecule is COc1cccc([C@@H]2C[C@@H]2C(=O)N2CC[C@@H](C(=O)O)C2)c1. The first-order valence-corrected chi connectivity index (χ1v) is 7.25. The van der Waals surface area contributed by atoms with Crippen molar-refractivity contribution in [2.45, 2.75) is 18.8 Å². The van der Waals surface area contributed by atoms with Crippen molar-refractivity contribution in [2.75, 3.05) is 20.2 Å². The third kappa shape index (κ3) is 2.73. The number of carbonyl (C=O) groups is 2. The first-order valence-electron chi connectivity index (χ1n) is 7.25. The van der Waals surface area contributed by atoms with E-state index in [4.69, 9.17) is 9.84 Å².